The molecule has 19 heavy (non-hydrogen) atoms. The third-order valence-electron chi connectivity index (χ3n) is 4.43. The fourth-order valence-corrected chi connectivity index (χ4v) is 3.43. The van der Waals surface area contributed by atoms with Gasteiger partial charge in [-0.15, -0.1) is 0 Å². The Labute approximate surface area is 117 Å². The molecule has 1 aromatic rings. The lowest BCUT2D eigenvalue weighted by atomic mass is 9.76. The maximum absolute atomic E-state index is 5.59. The third-order valence-corrected chi connectivity index (χ3v) is 4.43. The fraction of sp³-hybridized carbons (Fsp3) is 0.647. The Hall–Kier alpha value is -1.02. The van der Waals surface area contributed by atoms with Crippen molar-refractivity contribution < 1.29 is 4.74 Å². The predicted molar refractivity (Wildman–Crippen MR) is 81.0 cm³/mol. The van der Waals surface area contributed by atoms with Crippen molar-refractivity contribution in [2.24, 2.45) is 5.92 Å². The lowest BCUT2D eigenvalue weighted by Gasteiger charge is -2.31. The summed E-state index contributed by atoms with van der Waals surface area (Å²) in [6.45, 7) is 3.21. The highest BCUT2D eigenvalue weighted by atomic mass is 16.5. The molecule has 1 saturated carbocycles. The molecule has 1 N–H and O–H groups in total. The molecular weight excluding hydrogens is 234 g/mol. The molecule has 1 fully saturated rings. The second-order valence-electron chi connectivity index (χ2n) is 5.81. The van der Waals surface area contributed by atoms with Gasteiger partial charge in [0.05, 0.1) is 7.11 Å². The van der Waals surface area contributed by atoms with Crippen LogP contribution in [0.3, 0.4) is 0 Å². The summed E-state index contributed by atoms with van der Waals surface area (Å²) in [7, 11) is 3.84. The minimum atomic E-state index is 0.583. The minimum Gasteiger partial charge on any atom is -0.496 e. The summed E-state index contributed by atoms with van der Waals surface area (Å²) in [6, 6.07) is 6.57. The molecule has 1 aliphatic rings. The summed E-state index contributed by atoms with van der Waals surface area (Å²) in [6.07, 6.45) is 6.92. The van der Waals surface area contributed by atoms with Crippen molar-refractivity contribution in [1.82, 2.24) is 5.32 Å². The maximum atomic E-state index is 5.59. The highest BCUT2D eigenvalue weighted by molar-refractivity contribution is 5.40. The van der Waals surface area contributed by atoms with E-state index in [0.717, 1.165) is 18.2 Å². The summed E-state index contributed by atoms with van der Waals surface area (Å²) < 4.78 is 5.59. The fourth-order valence-electron chi connectivity index (χ4n) is 3.43. The van der Waals surface area contributed by atoms with E-state index < -0.39 is 0 Å². The van der Waals surface area contributed by atoms with E-state index in [0.29, 0.717) is 5.92 Å². The van der Waals surface area contributed by atoms with Crippen molar-refractivity contribution in [3.8, 4) is 5.75 Å². The van der Waals surface area contributed by atoms with Gasteiger partial charge in [0.15, 0.2) is 0 Å². The molecule has 2 nitrogen and oxygen atoms in total. The van der Waals surface area contributed by atoms with E-state index in [1.54, 1.807) is 7.11 Å². The number of hydrogen-bond donors (Lipinski definition) is 1. The van der Waals surface area contributed by atoms with Gasteiger partial charge in [0, 0.05) is 12.5 Å². The topological polar surface area (TPSA) is 21.3 Å². The van der Waals surface area contributed by atoms with Crippen LogP contribution in [-0.2, 0) is 0 Å². The molecule has 0 spiro atoms. The van der Waals surface area contributed by atoms with Crippen LogP contribution >= 0.6 is 0 Å². The largest absolute Gasteiger partial charge is 0.496 e. The van der Waals surface area contributed by atoms with Gasteiger partial charge in [0.1, 0.15) is 5.75 Å². The Kier molecular flexibility index (Phi) is 5.26. The highest BCUT2D eigenvalue weighted by Gasteiger charge is 2.26. The van der Waals surface area contributed by atoms with Gasteiger partial charge >= 0.3 is 0 Å². The number of rotatable bonds is 5. The van der Waals surface area contributed by atoms with E-state index in [-0.39, 0.29) is 0 Å². The molecule has 1 unspecified atom stereocenters. The SMILES string of the molecule is CNCC(c1cc(C)ccc1OC)C1CCCCC1. The number of methoxy groups -OCH3 is 1. The molecule has 2 rings (SSSR count). The van der Waals surface area contributed by atoms with E-state index in [4.69, 9.17) is 4.74 Å². The molecule has 106 valence electrons. The number of likely N-dealkylation sites (N-methyl/N-ethyl adjacent to an activating group) is 1. The normalized spacial score (nSPS) is 18.3. The molecule has 0 amide bonds. The van der Waals surface area contributed by atoms with Gasteiger partial charge in [0.2, 0.25) is 0 Å². The molecule has 0 radical (unpaired) electrons. The van der Waals surface area contributed by atoms with Gasteiger partial charge < -0.3 is 10.1 Å². The van der Waals surface area contributed by atoms with E-state index in [9.17, 15) is 0 Å². The number of benzene rings is 1. The van der Waals surface area contributed by atoms with E-state index in [2.05, 4.69) is 37.5 Å². The Balaban J connectivity index is 2.28. The van der Waals surface area contributed by atoms with Crippen LogP contribution in [0.4, 0.5) is 0 Å². The lowest BCUT2D eigenvalue weighted by molar-refractivity contribution is 0.293. The first-order chi connectivity index (χ1) is 9.26. The van der Waals surface area contributed by atoms with Crippen LogP contribution in [0.5, 0.6) is 5.75 Å². The van der Waals surface area contributed by atoms with Crippen molar-refractivity contribution >= 4 is 0 Å². The summed E-state index contributed by atoms with van der Waals surface area (Å²) in [5.41, 5.74) is 2.72. The third kappa shape index (κ3) is 3.50. The zero-order chi connectivity index (χ0) is 13.7. The van der Waals surface area contributed by atoms with Crippen molar-refractivity contribution in [2.45, 2.75) is 44.9 Å². The number of hydrogen-bond acceptors (Lipinski definition) is 2. The summed E-state index contributed by atoms with van der Waals surface area (Å²) in [5, 5.41) is 3.38. The van der Waals surface area contributed by atoms with E-state index in [1.165, 1.54) is 43.2 Å². The second-order valence-corrected chi connectivity index (χ2v) is 5.81. The molecule has 0 saturated heterocycles. The second kappa shape index (κ2) is 6.95. The first-order valence-electron chi connectivity index (χ1n) is 7.55. The monoisotopic (exact) mass is 261 g/mol. The molecule has 0 bridgehead atoms. The number of nitrogens with one attached hydrogen (secondary N) is 1. The Morgan fingerprint density at radius 1 is 1.26 bits per heavy atom. The molecular formula is C17H27NO. The standard InChI is InChI=1S/C17H27NO/c1-13-9-10-17(19-3)15(11-13)16(12-18-2)14-7-5-4-6-8-14/h9-11,14,16,18H,4-8,12H2,1-3H3. The van der Waals surface area contributed by atoms with Gasteiger partial charge in [-0.3, -0.25) is 0 Å². The van der Waals surface area contributed by atoms with Gasteiger partial charge in [-0.05, 0) is 44.4 Å². The zero-order valence-electron chi connectivity index (χ0n) is 12.5. The Morgan fingerprint density at radius 3 is 2.63 bits per heavy atom. The summed E-state index contributed by atoms with van der Waals surface area (Å²) in [4.78, 5) is 0. The summed E-state index contributed by atoms with van der Waals surface area (Å²) in [5.74, 6) is 2.44. The number of aryl methyl sites for hydroxylation is 1. The molecule has 2 heteroatoms. The van der Waals surface area contributed by atoms with E-state index >= 15 is 0 Å². The molecule has 1 aromatic carbocycles. The summed E-state index contributed by atoms with van der Waals surface area (Å²) >= 11 is 0. The maximum Gasteiger partial charge on any atom is 0.122 e. The molecule has 0 heterocycles. The van der Waals surface area contributed by atoms with Crippen molar-refractivity contribution in [1.29, 1.82) is 0 Å². The van der Waals surface area contributed by atoms with Crippen LogP contribution in [0.25, 0.3) is 0 Å². The van der Waals surface area contributed by atoms with Crippen LogP contribution in [-0.4, -0.2) is 20.7 Å². The Bertz CT molecular complexity index is 396. The molecule has 1 atom stereocenters. The van der Waals surface area contributed by atoms with E-state index in [1.807, 2.05) is 0 Å². The minimum absolute atomic E-state index is 0.583. The van der Waals surface area contributed by atoms with Gasteiger partial charge in [0.25, 0.3) is 0 Å². The quantitative estimate of drug-likeness (QED) is 0.868. The van der Waals surface area contributed by atoms with Crippen LogP contribution in [0.2, 0.25) is 0 Å². The molecule has 0 aliphatic heterocycles. The Morgan fingerprint density at radius 2 is 2.00 bits per heavy atom. The van der Waals surface area contributed by atoms with Crippen molar-refractivity contribution in [2.75, 3.05) is 20.7 Å². The van der Waals surface area contributed by atoms with Crippen LogP contribution < -0.4 is 10.1 Å². The van der Waals surface area contributed by atoms with Gasteiger partial charge in [-0.2, -0.15) is 0 Å². The van der Waals surface area contributed by atoms with Crippen LogP contribution in [0, 0.1) is 12.8 Å². The average molecular weight is 261 g/mol. The predicted octanol–water partition coefficient (Wildman–Crippen LogP) is 3.89. The first-order valence-corrected chi connectivity index (χ1v) is 7.55. The highest BCUT2D eigenvalue weighted by Crippen LogP contribution is 2.39. The average Bonchev–Trinajstić information content (AvgIpc) is 2.45. The lowest BCUT2D eigenvalue weighted by Crippen LogP contribution is -2.26. The zero-order valence-corrected chi connectivity index (χ0v) is 12.5. The molecule has 0 aromatic heterocycles. The van der Waals surface area contributed by atoms with Gasteiger partial charge in [-0.25, -0.2) is 0 Å². The van der Waals surface area contributed by atoms with Gasteiger partial charge in [-0.1, -0.05) is 37.0 Å². The van der Waals surface area contributed by atoms with Crippen molar-refractivity contribution in [3.05, 3.63) is 29.3 Å². The number of ether oxygens (including phenoxy) is 1. The first kappa shape index (κ1) is 14.4. The van der Waals surface area contributed by atoms with Crippen LogP contribution in [0.1, 0.15) is 49.1 Å². The smallest absolute Gasteiger partial charge is 0.122 e. The molecule has 1 aliphatic carbocycles. The van der Waals surface area contributed by atoms with Crippen molar-refractivity contribution in [3.63, 3.8) is 0 Å². The van der Waals surface area contributed by atoms with Crippen LogP contribution in [0.15, 0.2) is 18.2 Å².